The molecule has 0 unspecified atom stereocenters. The van der Waals surface area contributed by atoms with E-state index in [9.17, 15) is 0 Å². The number of hydrogen-bond donors (Lipinski definition) is 0. The Balaban J connectivity index is 0.786. The number of aromatic nitrogens is 5. The first-order valence-corrected chi connectivity index (χ1v) is 32.2. The topological polar surface area (TPSA) is 40.6 Å². The van der Waals surface area contributed by atoms with Crippen molar-refractivity contribution in [1.82, 2.24) is 23.7 Å². The van der Waals surface area contributed by atoms with Crippen molar-refractivity contribution in [2.45, 2.75) is 0 Å². The van der Waals surface area contributed by atoms with Crippen molar-refractivity contribution >= 4 is 171 Å². The van der Waals surface area contributed by atoms with Crippen molar-refractivity contribution in [3.8, 4) is 50.8 Å². The van der Waals surface area contributed by atoms with Crippen molar-refractivity contribution in [2.75, 3.05) is 0 Å². The Hall–Kier alpha value is -10.7. The van der Waals surface area contributed by atoms with Crippen LogP contribution in [0, 0.1) is 0 Å². The zero-order chi connectivity index (χ0) is 57.3. The molecule has 0 aliphatic carbocycles. The monoisotopic (exact) mass is 1170 g/mol. The maximum atomic E-state index is 5.74. The van der Waals surface area contributed by atoms with Crippen LogP contribution in [0.25, 0.3) is 188 Å². The molecule has 0 spiro atoms. The highest BCUT2D eigenvalue weighted by Gasteiger charge is 2.22. The zero-order valence-corrected chi connectivity index (χ0v) is 49.4. The molecule has 0 saturated carbocycles. The molecule has 0 aliphatic rings. The number of hydrogen-bond acceptors (Lipinski definition) is 5. The van der Waals surface area contributed by atoms with E-state index in [2.05, 4.69) is 287 Å². The second-order valence-corrected chi connectivity index (χ2v) is 26.5. The van der Waals surface area contributed by atoms with Crippen molar-refractivity contribution in [1.29, 1.82) is 0 Å². The van der Waals surface area contributed by atoms with Crippen LogP contribution in [-0.4, -0.2) is 23.7 Å². The van der Waals surface area contributed by atoms with Gasteiger partial charge in [0.1, 0.15) is 0 Å². The van der Waals surface area contributed by atoms with Gasteiger partial charge in [-0.15, -0.1) is 34.0 Å². The highest BCUT2D eigenvalue weighted by molar-refractivity contribution is 7.26. The summed E-state index contributed by atoms with van der Waals surface area (Å²) in [6.45, 7) is 0. The van der Waals surface area contributed by atoms with Crippen LogP contribution in [-0.2, 0) is 0 Å². The molecule has 88 heavy (non-hydrogen) atoms. The third-order valence-electron chi connectivity index (χ3n) is 18.4. The number of thiophene rings is 3. The SMILES string of the molecule is c1cc(-c2ccc3nc(-c4cccc(-n5c6ccccc6c6cc7sc8ccccc8c7cc65)c4)nc(-c4cccc(-n5c6ccccc6c6cc7sc8ccccc8c7cc65)c4)c3c2)cc(-n2c3ccccc3c3cc4sc5ccccc5c4cc32)c1. The number of nitrogens with zero attached hydrogens (tertiary/aromatic N) is 5. The first kappa shape index (κ1) is 48.5. The summed E-state index contributed by atoms with van der Waals surface area (Å²) in [7, 11) is 0. The quantitative estimate of drug-likeness (QED) is 0.166. The summed E-state index contributed by atoms with van der Waals surface area (Å²) in [6.07, 6.45) is 0. The minimum atomic E-state index is 0.666. The summed E-state index contributed by atoms with van der Waals surface area (Å²) in [6, 6.07) is 101. The Kier molecular flexibility index (Phi) is 10.1. The van der Waals surface area contributed by atoms with Gasteiger partial charge in [0, 0.05) is 126 Å². The van der Waals surface area contributed by atoms with E-state index in [1.54, 1.807) is 0 Å². The van der Waals surface area contributed by atoms with E-state index in [1.165, 1.54) is 115 Å². The van der Waals surface area contributed by atoms with Crippen LogP contribution in [0.2, 0.25) is 0 Å². The Morgan fingerprint density at radius 3 is 1.06 bits per heavy atom. The fourth-order valence-electron chi connectivity index (χ4n) is 14.5. The van der Waals surface area contributed by atoms with Crippen molar-refractivity contribution < 1.29 is 0 Å². The molecule has 20 rings (SSSR count). The van der Waals surface area contributed by atoms with Gasteiger partial charge in [0.15, 0.2) is 5.82 Å². The van der Waals surface area contributed by atoms with Gasteiger partial charge >= 0.3 is 0 Å². The lowest BCUT2D eigenvalue weighted by atomic mass is 9.99. The molecule has 0 amide bonds. The molecule has 0 atom stereocenters. The van der Waals surface area contributed by atoms with Crippen molar-refractivity contribution in [2.24, 2.45) is 0 Å². The van der Waals surface area contributed by atoms with Gasteiger partial charge < -0.3 is 13.7 Å². The largest absolute Gasteiger partial charge is 0.309 e. The summed E-state index contributed by atoms with van der Waals surface area (Å²) in [5, 5.41) is 16.1. The smallest absolute Gasteiger partial charge is 0.160 e. The van der Waals surface area contributed by atoms with Crippen LogP contribution in [0.1, 0.15) is 0 Å². The molecule has 13 aromatic carbocycles. The van der Waals surface area contributed by atoms with Gasteiger partial charge in [-0.05, 0) is 132 Å². The predicted octanol–water partition coefficient (Wildman–Crippen LogP) is 23.0. The first-order chi connectivity index (χ1) is 43.6. The highest BCUT2D eigenvalue weighted by Crippen LogP contribution is 2.46. The minimum absolute atomic E-state index is 0.666. The Bertz CT molecular complexity index is 6400. The van der Waals surface area contributed by atoms with E-state index in [-0.39, 0.29) is 0 Å². The molecule has 0 fully saturated rings. The summed E-state index contributed by atoms with van der Waals surface area (Å²) in [4.78, 5) is 11.3. The fourth-order valence-corrected chi connectivity index (χ4v) is 17.8. The molecular formula is C80H45N5S3. The summed E-state index contributed by atoms with van der Waals surface area (Å²) >= 11 is 5.60. The maximum absolute atomic E-state index is 5.74. The molecule has 0 N–H and O–H groups in total. The van der Waals surface area contributed by atoms with E-state index < -0.39 is 0 Å². The van der Waals surface area contributed by atoms with E-state index in [0.717, 1.165) is 66.9 Å². The Morgan fingerprint density at radius 1 is 0.216 bits per heavy atom. The van der Waals surface area contributed by atoms with Crippen LogP contribution in [0.4, 0.5) is 0 Å². The van der Waals surface area contributed by atoms with Gasteiger partial charge in [-0.1, -0.05) is 152 Å². The Morgan fingerprint density at radius 2 is 0.591 bits per heavy atom. The van der Waals surface area contributed by atoms with Gasteiger partial charge in [0.25, 0.3) is 0 Å². The van der Waals surface area contributed by atoms with Crippen molar-refractivity contribution in [3.63, 3.8) is 0 Å². The standard InChI is InChI=1S/C80H45N5S3/c1-7-28-67-53(22-1)59-43-76-62(56-25-4-10-31-73(56)86-76)40-70(59)83(67)50-19-13-16-46(36-50)47-34-35-66-65(39-47)79(48-17-14-20-51(37-48)84-68-29-8-2-23-54(68)60-44-77-63(41-71(60)84)57-26-5-11-32-74(57)87-77)82-80(81-66)49-18-15-21-52(38-49)85-69-30-9-3-24-55(69)61-45-78-64(42-72(61)85)58-27-6-12-33-75(58)88-78/h1-45H. The molecule has 0 radical (unpaired) electrons. The maximum Gasteiger partial charge on any atom is 0.160 e. The Labute approximate surface area is 514 Å². The first-order valence-electron chi connectivity index (χ1n) is 29.8. The predicted molar refractivity (Wildman–Crippen MR) is 378 cm³/mol. The molecule has 8 heteroatoms. The molecule has 20 aromatic rings. The average molecular weight is 1170 g/mol. The second-order valence-electron chi connectivity index (χ2n) is 23.2. The summed E-state index contributed by atoms with van der Waals surface area (Å²) in [5.74, 6) is 0.666. The van der Waals surface area contributed by atoms with Gasteiger partial charge in [-0.3, -0.25) is 0 Å². The average Bonchev–Trinajstić information content (AvgIpc) is 1.97. The van der Waals surface area contributed by atoms with Gasteiger partial charge in [0.2, 0.25) is 0 Å². The molecule has 7 heterocycles. The normalized spacial score (nSPS) is 12.3. The van der Waals surface area contributed by atoms with Crippen LogP contribution < -0.4 is 0 Å². The van der Waals surface area contributed by atoms with Crippen LogP contribution >= 0.6 is 34.0 Å². The molecule has 0 aliphatic heterocycles. The number of benzene rings is 13. The summed E-state index contributed by atoms with van der Waals surface area (Å²) < 4.78 is 15.1. The molecule has 0 bridgehead atoms. The lowest BCUT2D eigenvalue weighted by Gasteiger charge is -2.15. The van der Waals surface area contributed by atoms with E-state index in [4.69, 9.17) is 9.97 Å². The fraction of sp³-hybridized carbons (Fsp3) is 0. The summed E-state index contributed by atoms with van der Waals surface area (Å²) in [5.41, 5.74) is 16.2. The molecule has 7 aromatic heterocycles. The highest BCUT2D eigenvalue weighted by atomic mass is 32.1. The van der Waals surface area contributed by atoms with Gasteiger partial charge in [-0.2, -0.15) is 0 Å². The van der Waals surface area contributed by atoms with Crippen LogP contribution in [0.15, 0.2) is 273 Å². The zero-order valence-electron chi connectivity index (χ0n) is 46.9. The third kappa shape index (κ3) is 7.07. The van der Waals surface area contributed by atoms with Gasteiger partial charge in [0.05, 0.1) is 44.3 Å². The number of fused-ring (bicyclic) bond motifs is 19. The minimum Gasteiger partial charge on any atom is -0.309 e. The molecular weight excluding hydrogens is 1130 g/mol. The van der Waals surface area contributed by atoms with Crippen LogP contribution in [0.3, 0.4) is 0 Å². The lowest BCUT2D eigenvalue weighted by Crippen LogP contribution is -1.99. The van der Waals surface area contributed by atoms with Gasteiger partial charge in [-0.25, -0.2) is 9.97 Å². The molecule has 408 valence electrons. The third-order valence-corrected chi connectivity index (χ3v) is 21.8. The number of rotatable bonds is 6. The van der Waals surface area contributed by atoms with Crippen molar-refractivity contribution in [3.05, 3.63) is 273 Å². The lowest BCUT2D eigenvalue weighted by molar-refractivity contribution is 1.17. The molecule has 5 nitrogen and oxygen atoms in total. The number of para-hydroxylation sites is 3. The second kappa shape index (κ2) is 18.4. The van der Waals surface area contributed by atoms with E-state index in [1.807, 2.05) is 34.0 Å². The van der Waals surface area contributed by atoms with E-state index in [0.29, 0.717) is 5.82 Å². The molecule has 0 saturated heterocycles. The van der Waals surface area contributed by atoms with E-state index >= 15 is 0 Å². The van der Waals surface area contributed by atoms with Crippen LogP contribution in [0.5, 0.6) is 0 Å².